The van der Waals surface area contributed by atoms with E-state index in [1.165, 1.54) is 30.5 Å². The van der Waals surface area contributed by atoms with E-state index in [0.717, 1.165) is 0 Å². The van der Waals surface area contributed by atoms with E-state index in [9.17, 15) is 14.0 Å². The molecule has 0 N–H and O–H groups in total. The lowest BCUT2D eigenvalue weighted by molar-refractivity contribution is -0.354. The maximum absolute atomic E-state index is 12.0. The highest BCUT2D eigenvalue weighted by Crippen LogP contribution is 2.15. The van der Waals surface area contributed by atoms with Gasteiger partial charge in [-0.1, -0.05) is 18.2 Å². The summed E-state index contributed by atoms with van der Waals surface area (Å²) in [5.74, 6) is 0.0595. The first-order chi connectivity index (χ1) is 9.15. The number of hydrogen-bond donors (Lipinski definition) is 0. The van der Waals surface area contributed by atoms with Gasteiger partial charge in [-0.15, -0.1) is 0 Å². The molecule has 0 amide bonds. The fraction of sp³-hybridized carbons (Fsp3) is 0.0714. The first kappa shape index (κ1) is 13.0. The summed E-state index contributed by atoms with van der Waals surface area (Å²) in [5.41, 5.74) is 1.09. The summed E-state index contributed by atoms with van der Waals surface area (Å²) in [6, 6.07) is 14.5. The number of hydrogen-bond acceptors (Lipinski definition) is 2. The van der Waals surface area contributed by atoms with Crippen LogP contribution in [0, 0.1) is 5.21 Å². The monoisotopic (exact) mass is 263 g/mol. The second-order valence-electron chi connectivity index (χ2n) is 3.74. The summed E-state index contributed by atoms with van der Waals surface area (Å²) in [6.45, 7) is -2.85. The summed E-state index contributed by atoms with van der Waals surface area (Å²) in [6.07, 6.45) is 1.36. The van der Waals surface area contributed by atoms with Crippen LogP contribution in [0.2, 0.25) is 0 Å². The Morgan fingerprint density at radius 2 is 1.63 bits per heavy atom. The lowest BCUT2D eigenvalue weighted by Gasteiger charge is -2.04. The highest BCUT2D eigenvalue weighted by atomic mass is 19.3. The topological polar surface area (TPSA) is 35.3 Å². The number of para-hydroxylation sites is 1. The number of ether oxygens (including phenoxy) is 1. The standard InChI is InChI=1S/C14H11F2NO2/c15-14(16)19-13-8-6-11(7-9-13)10-17(18)12-4-2-1-3-5-12/h1-10,14H/b17-10+. The van der Waals surface area contributed by atoms with E-state index in [0.29, 0.717) is 16.0 Å². The second kappa shape index (κ2) is 5.95. The van der Waals surface area contributed by atoms with Crippen LogP contribution in [0.1, 0.15) is 5.56 Å². The summed E-state index contributed by atoms with van der Waals surface area (Å²) >= 11 is 0. The van der Waals surface area contributed by atoms with Gasteiger partial charge in [0.1, 0.15) is 5.75 Å². The Hall–Kier alpha value is -2.43. The fourth-order valence-electron chi connectivity index (χ4n) is 1.52. The molecule has 2 aromatic rings. The van der Waals surface area contributed by atoms with Crippen molar-refractivity contribution in [3.63, 3.8) is 0 Å². The molecular weight excluding hydrogens is 252 g/mol. The van der Waals surface area contributed by atoms with Gasteiger partial charge < -0.3 is 9.94 Å². The average Bonchev–Trinajstić information content (AvgIpc) is 2.41. The van der Waals surface area contributed by atoms with Gasteiger partial charge in [0.25, 0.3) is 0 Å². The van der Waals surface area contributed by atoms with Crippen LogP contribution in [-0.4, -0.2) is 17.6 Å². The lowest BCUT2D eigenvalue weighted by Crippen LogP contribution is -2.02. The molecule has 5 heteroatoms. The molecule has 0 heterocycles. The van der Waals surface area contributed by atoms with E-state index < -0.39 is 6.61 Å². The highest BCUT2D eigenvalue weighted by Gasteiger charge is 2.04. The van der Waals surface area contributed by atoms with Crippen molar-refractivity contribution >= 4 is 11.9 Å². The Balaban J connectivity index is 2.15. The summed E-state index contributed by atoms with van der Waals surface area (Å²) in [4.78, 5) is 0. The predicted molar refractivity (Wildman–Crippen MR) is 68.0 cm³/mol. The minimum Gasteiger partial charge on any atom is -0.618 e. The number of halogens is 2. The zero-order chi connectivity index (χ0) is 13.7. The zero-order valence-electron chi connectivity index (χ0n) is 9.87. The van der Waals surface area contributed by atoms with E-state index in [1.54, 1.807) is 24.3 Å². The molecule has 2 rings (SSSR count). The fourth-order valence-corrected chi connectivity index (χ4v) is 1.52. The first-order valence-corrected chi connectivity index (χ1v) is 5.56. The van der Waals surface area contributed by atoms with E-state index >= 15 is 0 Å². The largest absolute Gasteiger partial charge is 0.618 e. The molecule has 0 aromatic heterocycles. The van der Waals surface area contributed by atoms with Gasteiger partial charge in [-0.3, -0.25) is 0 Å². The number of rotatable bonds is 4. The third kappa shape index (κ3) is 3.77. The van der Waals surface area contributed by atoms with Crippen molar-refractivity contribution in [1.29, 1.82) is 0 Å². The molecule has 0 aliphatic heterocycles. The van der Waals surface area contributed by atoms with Crippen LogP contribution in [0.4, 0.5) is 14.5 Å². The summed E-state index contributed by atoms with van der Waals surface area (Å²) in [5, 5.41) is 11.8. The molecule has 0 saturated carbocycles. The lowest BCUT2D eigenvalue weighted by atomic mass is 10.2. The Labute approximate surface area is 109 Å². The van der Waals surface area contributed by atoms with E-state index in [4.69, 9.17) is 0 Å². The molecule has 0 saturated heterocycles. The van der Waals surface area contributed by atoms with Crippen molar-refractivity contribution in [1.82, 2.24) is 0 Å². The van der Waals surface area contributed by atoms with Crippen molar-refractivity contribution in [2.75, 3.05) is 0 Å². The molecule has 2 aromatic carbocycles. The molecule has 0 aliphatic rings. The molecule has 0 aliphatic carbocycles. The molecule has 0 atom stereocenters. The Morgan fingerprint density at radius 1 is 1.00 bits per heavy atom. The SMILES string of the molecule is [O-]/[N+](=C/c1ccc(OC(F)F)cc1)c1ccccc1. The van der Waals surface area contributed by atoms with Gasteiger partial charge in [0.05, 0.1) is 0 Å². The van der Waals surface area contributed by atoms with Gasteiger partial charge in [-0.25, -0.2) is 0 Å². The highest BCUT2D eigenvalue weighted by molar-refractivity contribution is 5.76. The van der Waals surface area contributed by atoms with Crippen molar-refractivity contribution in [2.24, 2.45) is 0 Å². The minimum atomic E-state index is -2.85. The summed E-state index contributed by atoms with van der Waals surface area (Å²) < 4.78 is 28.9. The molecule has 0 unspecified atom stereocenters. The molecular formula is C14H11F2NO2. The third-order valence-electron chi connectivity index (χ3n) is 2.38. The smallest absolute Gasteiger partial charge is 0.387 e. The number of benzene rings is 2. The number of nitrogens with zero attached hydrogens (tertiary/aromatic N) is 1. The van der Waals surface area contributed by atoms with Crippen LogP contribution >= 0.6 is 0 Å². The second-order valence-corrected chi connectivity index (χ2v) is 3.74. The molecule has 0 spiro atoms. The predicted octanol–water partition coefficient (Wildman–Crippen LogP) is 3.55. The summed E-state index contributed by atoms with van der Waals surface area (Å²) in [7, 11) is 0. The van der Waals surface area contributed by atoms with Gasteiger partial charge in [-0.05, 0) is 24.3 Å². The van der Waals surface area contributed by atoms with Gasteiger partial charge >= 0.3 is 6.61 Å². The van der Waals surface area contributed by atoms with E-state index in [-0.39, 0.29) is 5.75 Å². The zero-order valence-corrected chi connectivity index (χ0v) is 9.87. The van der Waals surface area contributed by atoms with Crippen LogP contribution < -0.4 is 4.74 Å². The Bertz CT molecular complexity index is 553. The Kier molecular flexibility index (Phi) is 4.07. The molecule has 3 nitrogen and oxygen atoms in total. The van der Waals surface area contributed by atoms with Crippen LogP contribution in [0.15, 0.2) is 54.6 Å². The van der Waals surface area contributed by atoms with Crippen molar-refractivity contribution in [3.05, 3.63) is 65.4 Å². The maximum atomic E-state index is 12.0. The van der Waals surface area contributed by atoms with Crippen LogP contribution in [0.25, 0.3) is 0 Å². The number of alkyl halides is 2. The molecule has 19 heavy (non-hydrogen) atoms. The maximum Gasteiger partial charge on any atom is 0.387 e. The minimum absolute atomic E-state index is 0.0595. The molecule has 0 radical (unpaired) electrons. The van der Waals surface area contributed by atoms with Crippen molar-refractivity contribution in [2.45, 2.75) is 6.61 Å². The van der Waals surface area contributed by atoms with Crippen molar-refractivity contribution in [3.8, 4) is 5.75 Å². The quantitative estimate of drug-likeness (QED) is 0.366. The first-order valence-electron chi connectivity index (χ1n) is 5.56. The average molecular weight is 263 g/mol. The van der Waals surface area contributed by atoms with Gasteiger partial charge in [-0.2, -0.15) is 13.5 Å². The Morgan fingerprint density at radius 3 is 2.21 bits per heavy atom. The van der Waals surface area contributed by atoms with Crippen molar-refractivity contribution < 1.29 is 18.3 Å². The van der Waals surface area contributed by atoms with Gasteiger partial charge in [0.2, 0.25) is 5.69 Å². The van der Waals surface area contributed by atoms with Crippen LogP contribution in [0.5, 0.6) is 5.75 Å². The molecule has 0 fully saturated rings. The van der Waals surface area contributed by atoms with E-state index in [2.05, 4.69) is 4.74 Å². The van der Waals surface area contributed by atoms with Crippen LogP contribution in [0.3, 0.4) is 0 Å². The van der Waals surface area contributed by atoms with E-state index in [1.807, 2.05) is 6.07 Å². The third-order valence-corrected chi connectivity index (χ3v) is 2.38. The molecule has 0 bridgehead atoms. The van der Waals surface area contributed by atoms with Gasteiger partial charge in [0.15, 0.2) is 6.21 Å². The van der Waals surface area contributed by atoms with Gasteiger partial charge in [0, 0.05) is 17.7 Å². The molecule has 98 valence electrons. The van der Waals surface area contributed by atoms with Crippen LogP contribution in [-0.2, 0) is 0 Å². The normalized spacial score (nSPS) is 11.6.